The monoisotopic (exact) mass is 465 g/mol. The zero-order chi connectivity index (χ0) is 17.7. The Hall–Kier alpha value is -1.36. The van der Waals surface area contributed by atoms with E-state index in [-0.39, 0.29) is 0 Å². The molecule has 2 N–H and O–H groups in total. The van der Waals surface area contributed by atoms with E-state index in [2.05, 4.69) is 33.2 Å². The van der Waals surface area contributed by atoms with E-state index >= 15 is 0 Å². The van der Waals surface area contributed by atoms with Crippen molar-refractivity contribution in [1.82, 2.24) is 9.62 Å². The average molecular weight is 465 g/mol. The van der Waals surface area contributed by atoms with Crippen LogP contribution in [0, 0.1) is 3.57 Å². The summed E-state index contributed by atoms with van der Waals surface area (Å²) in [6, 6.07) is 5.03. The second-order valence-electron chi connectivity index (χ2n) is 5.71. The standard InChI is InChI=1S/C15H20IN3O4S/c1-24(22,23)19(11-7-3-2-4-8-11)15(21)18-14(20)17-13-10-6-5-9-12(13)16/h5-6,9-11H,2-4,7-8H2,1H3,(H2,17,18,20,21). The molecule has 4 amide bonds. The lowest BCUT2D eigenvalue weighted by Gasteiger charge is -2.32. The number of urea groups is 2. The highest BCUT2D eigenvalue weighted by molar-refractivity contribution is 14.1. The van der Waals surface area contributed by atoms with E-state index in [0.717, 1.165) is 33.4 Å². The number of para-hydroxylation sites is 1. The molecule has 0 aromatic heterocycles. The van der Waals surface area contributed by atoms with Gasteiger partial charge in [0.2, 0.25) is 10.0 Å². The van der Waals surface area contributed by atoms with Crippen molar-refractivity contribution >= 4 is 50.4 Å². The summed E-state index contributed by atoms with van der Waals surface area (Å²) >= 11 is 2.06. The van der Waals surface area contributed by atoms with Gasteiger partial charge in [-0.25, -0.2) is 22.3 Å². The van der Waals surface area contributed by atoms with Crippen LogP contribution in [0.5, 0.6) is 0 Å². The van der Waals surface area contributed by atoms with Crippen LogP contribution in [0.1, 0.15) is 32.1 Å². The Labute approximate surface area is 155 Å². The first kappa shape index (κ1) is 19.0. The van der Waals surface area contributed by atoms with E-state index in [1.807, 2.05) is 12.1 Å². The summed E-state index contributed by atoms with van der Waals surface area (Å²) in [5.41, 5.74) is 0.548. The van der Waals surface area contributed by atoms with Crippen molar-refractivity contribution in [1.29, 1.82) is 0 Å². The third-order valence-electron chi connectivity index (χ3n) is 3.81. The number of carbonyl (C=O) groups is 2. The number of amides is 4. The normalized spacial score (nSPS) is 15.6. The maximum absolute atomic E-state index is 12.3. The highest BCUT2D eigenvalue weighted by atomic mass is 127. The van der Waals surface area contributed by atoms with E-state index in [1.54, 1.807) is 12.1 Å². The van der Waals surface area contributed by atoms with Gasteiger partial charge < -0.3 is 5.32 Å². The molecular weight excluding hydrogens is 445 g/mol. The van der Waals surface area contributed by atoms with E-state index in [9.17, 15) is 18.0 Å². The number of imide groups is 1. The highest BCUT2D eigenvalue weighted by Crippen LogP contribution is 2.24. The number of nitrogens with one attached hydrogen (secondary N) is 2. The molecule has 0 atom stereocenters. The summed E-state index contributed by atoms with van der Waals surface area (Å²) in [4.78, 5) is 24.4. The Bertz CT molecular complexity index is 717. The number of benzene rings is 1. The Kier molecular flexibility index (Phi) is 6.44. The topological polar surface area (TPSA) is 95.6 Å². The number of hydrogen-bond donors (Lipinski definition) is 2. The first-order valence-corrected chi connectivity index (χ1v) is 10.6. The fraction of sp³-hybridized carbons (Fsp3) is 0.467. The largest absolute Gasteiger partial charge is 0.339 e. The quantitative estimate of drug-likeness (QED) is 0.671. The van der Waals surface area contributed by atoms with Crippen LogP contribution in [-0.4, -0.2) is 37.1 Å². The maximum atomic E-state index is 12.3. The SMILES string of the molecule is CS(=O)(=O)N(C(=O)NC(=O)Nc1ccccc1I)C1CCCCC1. The molecule has 7 nitrogen and oxygen atoms in total. The number of hydrogen-bond acceptors (Lipinski definition) is 4. The Morgan fingerprint density at radius 2 is 1.79 bits per heavy atom. The minimum absolute atomic E-state index is 0.390. The molecule has 0 bridgehead atoms. The van der Waals surface area contributed by atoms with Crippen molar-refractivity contribution in [2.45, 2.75) is 38.1 Å². The first-order valence-electron chi connectivity index (χ1n) is 7.65. The van der Waals surface area contributed by atoms with Crippen LogP contribution >= 0.6 is 22.6 Å². The minimum Gasteiger partial charge on any atom is -0.307 e. The van der Waals surface area contributed by atoms with Crippen molar-refractivity contribution in [3.8, 4) is 0 Å². The summed E-state index contributed by atoms with van der Waals surface area (Å²) in [5, 5.41) is 4.66. The van der Waals surface area contributed by atoms with Crippen LogP contribution in [-0.2, 0) is 10.0 Å². The number of sulfonamides is 1. The molecule has 1 aliphatic rings. The maximum Gasteiger partial charge on any atom is 0.339 e. The predicted molar refractivity (Wildman–Crippen MR) is 100 cm³/mol. The fourth-order valence-corrected chi connectivity index (χ4v) is 4.39. The fourth-order valence-electron chi connectivity index (χ4n) is 2.77. The number of halogens is 1. The minimum atomic E-state index is -3.75. The first-order chi connectivity index (χ1) is 11.3. The number of nitrogens with zero attached hydrogens (tertiary/aromatic N) is 1. The smallest absolute Gasteiger partial charge is 0.307 e. The Balaban J connectivity index is 2.07. The van der Waals surface area contributed by atoms with Crippen LogP contribution in [0.25, 0.3) is 0 Å². The van der Waals surface area contributed by atoms with Gasteiger partial charge in [-0.05, 0) is 47.6 Å². The van der Waals surface area contributed by atoms with E-state index in [0.29, 0.717) is 18.5 Å². The highest BCUT2D eigenvalue weighted by Gasteiger charge is 2.33. The molecule has 1 aliphatic carbocycles. The van der Waals surface area contributed by atoms with Gasteiger partial charge in [0, 0.05) is 9.61 Å². The Morgan fingerprint density at radius 3 is 2.38 bits per heavy atom. The lowest BCUT2D eigenvalue weighted by molar-refractivity contribution is 0.199. The second kappa shape index (κ2) is 8.15. The molecule has 1 saturated carbocycles. The van der Waals surface area contributed by atoms with Crippen molar-refractivity contribution in [3.05, 3.63) is 27.8 Å². The summed E-state index contributed by atoms with van der Waals surface area (Å²) in [6.45, 7) is 0. The lowest BCUT2D eigenvalue weighted by atomic mass is 9.96. The number of rotatable bonds is 3. The van der Waals surface area contributed by atoms with Gasteiger partial charge in [-0.2, -0.15) is 0 Å². The summed E-state index contributed by atoms with van der Waals surface area (Å²) in [5.74, 6) is 0. The molecule has 0 unspecified atom stereocenters. The van der Waals surface area contributed by atoms with Crippen LogP contribution in [0.4, 0.5) is 15.3 Å². The molecule has 9 heteroatoms. The Morgan fingerprint density at radius 1 is 1.17 bits per heavy atom. The van der Waals surface area contributed by atoms with Crippen molar-refractivity contribution in [2.24, 2.45) is 0 Å². The molecule has 24 heavy (non-hydrogen) atoms. The zero-order valence-electron chi connectivity index (χ0n) is 13.3. The van der Waals surface area contributed by atoms with Crippen LogP contribution in [0.15, 0.2) is 24.3 Å². The van der Waals surface area contributed by atoms with E-state index in [1.165, 1.54) is 0 Å². The molecule has 1 aromatic carbocycles. The van der Waals surface area contributed by atoms with Gasteiger partial charge in [0.25, 0.3) is 0 Å². The van der Waals surface area contributed by atoms with Gasteiger partial charge in [-0.15, -0.1) is 0 Å². The van der Waals surface area contributed by atoms with Gasteiger partial charge in [-0.3, -0.25) is 5.32 Å². The van der Waals surface area contributed by atoms with E-state index < -0.39 is 28.1 Å². The van der Waals surface area contributed by atoms with Gasteiger partial charge in [-0.1, -0.05) is 31.4 Å². The predicted octanol–water partition coefficient (Wildman–Crippen LogP) is 3.13. The van der Waals surface area contributed by atoms with Crippen LogP contribution < -0.4 is 10.6 Å². The third kappa shape index (κ3) is 5.07. The molecule has 1 fully saturated rings. The van der Waals surface area contributed by atoms with Crippen molar-refractivity contribution in [2.75, 3.05) is 11.6 Å². The summed E-state index contributed by atoms with van der Waals surface area (Å²) in [7, 11) is -3.75. The van der Waals surface area contributed by atoms with Gasteiger partial charge in [0.1, 0.15) is 0 Å². The summed E-state index contributed by atoms with van der Waals surface area (Å²) in [6.07, 6.45) is 5.01. The van der Waals surface area contributed by atoms with Crippen LogP contribution in [0.3, 0.4) is 0 Å². The van der Waals surface area contributed by atoms with Gasteiger partial charge in [0.15, 0.2) is 0 Å². The second-order valence-corrected chi connectivity index (χ2v) is 8.74. The molecule has 0 radical (unpaired) electrons. The molecule has 1 aromatic rings. The van der Waals surface area contributed by atoms with Gasteiger partial charge >= 0.3 is 12.1 Å². The molecule has 0 saturated heterocycles. The molecule has 0 aliphatic heterocycles. The third-order valence-corrected chi connectivity index (χ3v) is 5.93. The summed E-state index contributed by atoms with van der Waals surface area (Å²) < 4.78 is 25.6. The molecule has 0 spiro atoms. The zero-order valence-corrected chi connectivity index (χ0v) is 16.3. The number of anilines is 1. The van der Waals surface area contributed by atoms with E-state index in [4.69, 9.17) is 0 Å². The molecular formula is C15H20IN3O4S. The van der Waals surface area contributed by atoms with Gasteiger partial charge in [0.05, 0.1) is 11.9 Å². The van der Waals surface area contributed by atoms with Crippen molar-refractivity contribution in [3.63, 3.8) is 0 Å². The number of carbonyl (C=O) groups excluding carboxylic acids is 2. The molecule has 132 valence electrons. The van der Waals surface area contributed by atoms with Crippen molar-refractivity contribution < 1.29 is 18.0 Å². The average Bonchev–Trinajstić information content (AvgIpc) is 2.49. The van der Waals surface area contributed by atoms with Crippen LogP contribution in [0.2, 0.25) is 0 Å². The molecule has 2 rings (SSSR count). The molecule has 0 heterocycles. The lowest BCUT2D eigenvalue weighted by Crippen LogP contribution is -2.51.